The molecule has 0 aromatic rings. The van der Waals surface area contributed by atoms with Crippen LogP contribution in [0.4, 0.5) is 0 Å². The Labute approximate surface area is 73.5 Å². The van der Waals surface area contributed by atoms with Gasteiger partial charge in [-0.15, -0.1) is 0 Å². The predicted octanol–water partition coefficient (Wildman–Crippen LogP) is 0.984. The smallest absolute Gasteiger partial charge is 0.223 e. The van der Waals surface area contributed by atoms with Gasteiger partial charge in [0.1, 0.15) is 5.78 Å². The molecule has 0 saturated carbocycles. The van der Waals surface area contributed by atoms with E-state index in [0.717, 1.165) is 0 Å². The second kappa shape index (κ2) is 4.91. The van der Waals surface area contributed by atoms with Crippen molar-refractivity contribution >= 4 is 11.7 Å². The Hall–Kier alpha value is -0.860. The molecule has 3 nitrogen and oxygen atoms in total. The van der Waals surface area contributed by atoms with Crippen LogP contribution in [0.25, 0.3) is 0 Å². The first-order valence-electron chi connectivity index (χ1n) is 4.20. The Morgan fingerprint density at radius 3 is 2.08 bits per heavy atom. The highest BCUT2D eigenvalue weighted by Gasteiger charge is 2.22. The summed E-state index contributed by atoms with van der Waals surface area (Å²) in [4.78, 5) is 22.0. The molecule has 0 heterocycles. The van der Waals surface area contributed by atoms with Gasteiger partial charge in [-0.3, -0.25) is 4.79 Å². The van der Waals surface area contributed by atoms with Crippen molar-refractivity contribution in [3.63, 3.8) is 0 Å². The molecule has 0 bridgehead atoms. The summed E-state index contributed by atoms with van der Waals surface area (Å²) in [6.45, 7) is 5.41. The summed E-state index contributed by atoms with van der Waals surface area (Å²) in [7, 11) is 1.60. The molecule has 1 atom stereocenters. The van der Waals surface area contributed by atoms with Crippen LogP contribution in [-0.4, -0.2) is 18.7 Å². The minimum Gasteiger partial charge on any atom is -0.359 e. The summed E-state index contributed by atoms with van der Waals surface area (Å²) in [5.74, 6) is 0.0684. The molecule has 0 aliphatic heterocycles. The molecule has 0 aromatic heterocycles. The summed E-state index contributed by atoms with van der Waals surface area (Å²) in [6, 6.07) is 0. The van der Waals surface area contributed by atoms with Crippen LogP contribution >= 0.6 is 0 Å². The maximum atomic E-state index is 11.2. The predicted molar refractivity (Wildman–Crippen MR) is 47.7 cm³/mol. The van der Waals surface area contributed by atoms with E-state index in [1.165, 1.54) is 6.92 Å². The Morgan fingerprint density at radius 2 is 1.83 bits per heavy atom. The van der Waals surface area contributed by atoms with Crippen molar-refractivity contribution < 1.29 is 9.59 Å². The van der Waals surface area contributed by atoms with Crippen molar-refractivity contribution in [2.24, 2.45) is 11.8 Å². The maximum absolute atomic E-state index is 11.2. The zero-order chi connectivity index (χ0) is 9.72. The normalized spacial score (nSPS) is 12.8. The lowest BCUT2D eigenvalue weighted by Gasteiger charge is -2.17. The van der Waals surface area contributed by atoms with Crippen molar-refractivity contribution in [2.45, 2.75) is 27.2 Å². The fourth-order valence-electron chi connectivity index (χ4n) is 1.13. The minimum atomic E-state index is -0.174. The monoisotopic (exact) mass is 171 g/mol. The van der Waals surface area contributed by atoms with E-state index in [0.29, 0.717) is 6.42 Å². The average molecular weight is 171 g/mol. The van der Waals surface area contributed by atoms with Gasteiger partial charge in [0.2, 0.25) is 5.91 Å². The molecule has 12 heavy (non-hydrogen) atoms. The van der Waals surface area contributed by atoms with Gasteiger partial charge >= 0.3 is 0 Å². The van der Waals surface area contributed by atoms with Gasteiger partial charge in [-0.1, -0.05) is 13.8 Å². The van der Waals surface area contributed by atoms with Gasteiger partial charge in [-0.25, -0.2) is 0 Å². The van der Waals surface area contributed by atoms with E-state index in [4.69, 9.17) is 0 Å². The zero-order valence-corrected chi connectivity index (χ0v) is 8.18. The van der Waals surface area contributed by atoms with E-state index in [9.17, 15) is 9.59 Å². The van der Waals surface area contributed by atoms with Gasteiger partial charge in [-0.2, -0.15) is 0 Å². The van der Waals surface area contributed by atoms with Crippen molar-refractivity contribution in [2.75, 3.05) is 7.05 Å². The molecule has 3 heteroatoms. The Balaban J connectivity index is 4.23. The third-order valence-electron chi connectivity index (χ3n) is 1.90. The topological polar surface area (TPSA) is 46.2 Å². The van der Waals surface area contributed by atoms with Crippen LogP contribution in [0.1, 0.15) is 27.2 Å². The first-order chi connectivity index (χ1) is 5.49. The number of hydrogen-bond acceptors (Lipinski definition) is 2. The number of carbonyl (C=O) groups is 2. The van der Waals surface area contributed by atoms with Crippen molar-refractivity contribution in [3.8, 4) is 0 Å². The molecule has 0 fully saturated rings. The third-order valence-corrected chi connectivity index (χ3v) is 1.90. The van der Waals surface area contributed by atoms with E-state index < -0.39 is 0 Å². The van der Waals surface area contributed by atoms with Gasteiger partial charge in [0, 0.05) is 19.4 Å². The quantitative estimate of drug-likeness (QED) is 0.685. The zero-order valence-electron chi connectivity index (χ0n) is 8.18. The lowest BCUT2D eigenvalue weighted by atomic mass is 9.90. The first-order valence-corrected chi connectivity index (χ1v) is 4.20. The summed E-state index contributed by atoms with van der Waals surface area (Å²) in [5.41, 5.74) is 0. The van der Waals surface area contributed by atoms with Gasteiger partial charge in [-0.05, 0) is 12.8 Å². The number of ketones is 1. The molecule has 0 radical (unpaired) electrons. The van der Waals surface area contributed by atoms with Crippen LogP contribution in [0.5, 0.6) is 0 Å². The number of rotatable bonds is 4. The Morgan fingerprint density at radius 1 is 1.33 bits per heavy atom. The second-order valence-electron chi connectivity index (χ2n) is 3.37. The van der Waals surface area contributed by atoms with E-state index in [1.807, 2.05) is 13.8 Å². The molecule has 0 aliphatic carbocycles. The lowest BCUT2D eigenvalue weighted by molar-refractivity contribution is -0.129. The molecular weight excluding hydrogens is 154 g/mol. The van der Waals surface area contributed by atoms with Gasteiger partial charge in [0.15, 0.2) is 0 Å². The fraction of sp³-hybridized carbons (Fsp3) is 0.778. The highest BCUT2D eigenvalue weighted by Crippen LogP contribution is 2.15. The molecule has 1 N–H and O–H groups in total. The SMILES string of the molecule is CNC(=O)C(CC(C)=O)C(C)C. The first kappa shape index (κ1) is 11.1. The fourth-order valence-corrected chi connectivity index (χ4v) is 1.13. The van der Waals surface area contributed by atoms with Gasteiger partial charge in [0.05, 0.1) is 0 Å². The molecule has 1 unspecified atom stereocenters. The second-order valence-corrected chi connectivity index (χ2v) is 3.37. The molecule has 0 aliphatic rings. The Bertz CT molecular complexity index is 175. The van der Waals surface area contributed by atoms with Crippen molar-refractivity contribution in [1.82, 2.24) is 5.32 Å². The van der Waals surface area contributed by atoms with Crippen LogP contribution in [-0.2, 0) is 9.59 Å². The van der Waals surface area contributed by atoms with E-state index >= 15 is 0 Å². The van der Waals surface area contributed by atoms with Crippen LogP contribution in [0.3, 0.4) is 0 Å². The largest absolute Gasteiger partial charge is 0.359 e. The summed E-state index contributed by atoms with van der Waals surface area (Å²) in [5, 5.41) is 2.56. The minimum absolute atomic E-state index is 0.0415. The average Bonchev–Trinajstić information content (AvgIpc) is 1.98. The summed E-state index contributed by atoms with van der Waals surface area (Å²) in [6.07, 6.45) is 0.345. The van der Waals surface area contributed by atoms with Crippen LogP contribution < -0.4 is 5.32 Å². The molecule has 0 aromatic carbocycles. The molecule has 0 saturated heterocycles. The molecular formula is C9H17NO2. The molecule has 1 amide bonds. The molecule has 0 spiro atoms. The Kier molecular flexibility index (Phi) is 4.55. The highest BCUT2D eigenvalue weighted by atomic mass is 16.2. The van der Waals surface area contributed by atoms with Crippen LogP contribution in [0, 0.1) is 11.8 Å². The summed E-state index contributed by atoms with van der Waals surface area (Å²) >= 11 is 0. The highest BCUT2D eigenvalue weighted by molar-refractivity contribution is 5.85. The lowest BCUT2D eigenvalue weighted by Crippen LogP contribution is -2.32. The van der Waals surface area contributed by atoms with Crippen LogP contribution in [0.15, 0.2) is 0 Å². The van der Waals surface area contributed by atoms with Gasteiger partial charge in [0.25, 0.3) is 0 Å². The van der Waals surface area contributed by atoms with Gasteiger partial charge < -0.3 is 10.1 Å². The van der Waals surface area contributed by atoms with E-state index in [1.54, 1.807) is 7.05 Å². The van der Waals surface area contributed by atoms with E-state index in [-0.39, 0.29) is 23.5 Å². The van der Waals surface area contributed by atoms with Crippen molar-refractivity contribution in [3.05, 3.63) is 0 Å². The summed E-state index contributed by atoms with van der Waals surface area (Å²) < 4.78 is 0. The third kappa shape index (κ3) is 3.51. The van der Waals surface area contributed by atoms with E-state index in [2.05, 4.69) is 5.32 Å². The number of carbonyl (C=O) groups excluding carboxylic acids is 2. The number of amides is 1. The molecule has 70 valence electrons. The molecule has 0 rings (SSSR count). The maximum Gasteiger partial charge on any atom is 0.223 e. The number of Topliss-reactive ketones (excluding diaryl/α,β-unsaturated/α-hetero) is 1. The standard InChI is InChI=1S/C9H17NO2/c1-6(2)8(5-7(3)11)9(12)10-4/h6,8H,5H2,1-4H3,(H,10,12). The number of hydrogen-bond donors (Lipinski definition) is 1. The van der Waals surface area contributed by atoms with Crippen LogP contribution in [0.2, 0.25) is 0 Å². The van der Waals surface area contributed by atoms with Crippen molar-refractivity contribution in [1.29, 1.82) is 0 Å². The number of nitrogens with one attached hydrogen (secondary N) is 1.